The van der Waals surface area contributed by atoms with Crippen LogP contribution in [0.15, 0.2) is 60.8 Å². The zero-order valence-corrected chi connectivity index (χ0v) is 13.3. The van der Waals surface area contributed by atoms with E-state index in [1.807, 2.05) is 54.2 Å². The summed E-state index contributed by atoms with van der Waals surface area (Å²) in [4.78, 5) is 9.16. The van der Waals surface area contributed by atoms with Gasteiger partial charge in [-0.1, -0.05) is 24.3 Å². The van der Waals surface area contributed by atoms with Gasteiger partial charge in [-0.05, 0) is 37.3 Å². The van der Waals surface area contributed by atoms with Crippen LogP contribution in [0.4, 0.5) is 0 Å². The van der Waals surface area contributed by atoms with Crippen molar-refractivity contribution in [2.75, 3.05) is 0 Å². The van der Waals surface area contributed by atoms with Crippen LogP contribution < -0.4 is 5.73 Å². The van der Waals surface area contributed by atoms with E-state index in [0.717, 1.165) is 39.4 Å². The second-order valence-electron chi connectivity index (χ2n) is 5.69. The quantitative estimate of drug-likeness (QED) is 0.630. The van der Waals surface area contributed by atoms with Crippen molar-refractivity contribution in [2.24, 2.45) is 5.73 Å². The Balaban J connectivity index is 1.87. The highest BCUT2D eigenvalue weighted by Gasteiger charge is 2.09. The number of nitrogens with zero attached hydrogens (tertiary/aromatic N) is 4. The summed E-state index contributed by atoms with van der Waals surface area (Å²) < 4.78 is 1.86. The Kier molecular flexibility index (Phi) is 3.55. The maximum Gasteiger partial charge on any atom is 0.154 e. The Hall–Kier alpha value is -3.05. The van der Waals surface area contributed by atoms with E-state index in [-0.39, 0.29) is 0 Å². The van der Waals surface area contributed by atoms with Crippen molar-refractivity contribution in [1.29, 1.82) is 0 Å². The third-order valence-corrected chi connectivity index (χ3v) is 3.97. The van der Waals surface area contributed by atoms with Gasteiger partial charge in [0, 0.05) is 23.2 Å². The molecule has 0 aliphatic heterocycles. The summed E-state index contributed by atoms with van der Waals surface area (Å²) in [5.74, 6) is 0.811. The van der Waals surface area contributed by atoms with Crippen molar-refractivity contribution < 1.29 is 0 Å². The lowest BCUT2D eigenvalue weighted by molar-refractivity contribution is 0.867. The fourth-order valence-electron chi connectivity index (χ4n) is 2.76. The minimum absolute atomic E-state index is 0.432. The molecule has 0 aliphatic rings. The van der Waals surface area contributed by atoms with Gasteiger partial charge in [0.15, 0.2) is 5.82 Å². The van der Waals surface area contributed by atoms with Crippen LogP contribution in [0.2, 0.25) is 0 Å². The van der Waals surface area contributed by atoms with Gasteiger partial charge in [-0.3, -0.25) is 4.98 Å². The van der Waals surface area contributed by atoms with Gasteiger partial charge < -0.3 is 5.73 Å². The molecule has 4 rings (SSSR count). The van der Waals surface area contributed by atoms with Crippen molar-refractivity contribution in [3.05, 3.63) is 72.2 Å². The van der Waals surface area contributed by atoms with Crippen LogP contribution in [0, 0.1) is 6.92 Å². The average molecular weight is 315 g/mol. The number of aryl methyl sites for hydroxylation is 1. The minimum atomic E-state index is 0.432. The number of hydrogen-bond acceptors (Lipinski definition) is 4. The molecule has 0 spiro atoms. The molecule has 118 valence electrons. The first-order chi connectivity index (χ1) is 11.7. The SMILES string of the molecule is Cc1cccc(-n2ncc3ccc(-c4cccc(CN)n4)cc32)n1. The summed E-state index contributed by atoms with van der Waals surface area (Å²) in [5.41, 5.74) is 10.5. The average Bonchev–Trinajstić information content (AvgIpc) is 3.05. The number of benzene rings is 1. The molecule has 5 heteroatoms. The van der Waals surface area contributed by atoms with Crippen molar-refractivity contribution in [2.45, 2.75) is 13.5 Å². The van der Waals surface area contributed by atoms with Gasteiger partial charge in [-0.25, -0.2) is 9.67 Å². The molecule has 5 nitrogen and oxygen atoms in total. The first-order valence-electron chi connectivity index (χ1n) is 7.83. The van der Waals surface area contributed by atoms with Crippen LogP contribution in [-0.4, -0.2) is 19.7 Å². The third kappa shape index (κ3) is 2.55. The van der Waals surface area contributed by atoms with E-state index >= 15 is 0 Å². The van der Waals surface area contributed by atoms with Crippen LogP contribution in [0.5, 0.6) is 0 Å². The Bertz CT molecular complexity index is 1020. The summed E-state index contributed by atoms with van der Waals surface area (Å²) in [5, 5.41) is 5.56. The van der Waals surface area contributed by atoms with Gasteiger partial charge in [-0.15, -0.1) is 0 Å². The molecule has 0 atom stereocenters. The Morgan fingerprint density at radius 1 is 1.00 bits per heavy atom. The zero-order valence-electron chi connectivity index (χ0n) is 13.3. The van der Waals surface area contributed by atoms with E-state index in [1.165, 1.54) is 0 Å². The van der Waals surface area contributed by atoms with E-state index in [9.17, 15) is 0 Å². The number of hydrogen-bond donors (Lipinski definition) is 1. The molecule has 24 heavy (non-hydrogen) atoms. The molecule has 0 bridgehead atoms. The standard InChI is InChI=1S/C19H17N5/c1-13-4-2-7-19(22-13)24-18-10-14(8-9-15(18)12-21-24)17-6-3-5-16(11-20)23-17/h2-10,12H,11,20H2,1H3. The van der Waals surface area contributed by atoms with Crippen LogP contribution in [0.3, 0.4) is 0 Å². The number of fused-ring (bicyclic) bond motifs is 1. The molecular weight excluding hydrogens is 298 g/mol. The summed E-state index contributed by atoms with van der Waals surface area (Å²) in [7, 11) is 0. The Morgan fingerprint density at radius 3 is 2.71 bits per heavy atom. The molecule has 0 unspecified atom stereocenters. The molecule has 0 fully saturated rings. The lowest BCUT2D eigenvalue weighted by atomic mass is 10.1. The van der Waals surface area contributed by atoms with Gasteiger partial charge in [0.1, 0.15) is 0 Å². The largest absolute Gasteiger partial charge is 0.325 e. The topological polar surface area (TPSA) is 69.6 Å². The van der Waals surface area contributed by atoms with Crippen molar-refractivity contribution in [3.63, 3.8) is 0 Å². The first-order valence-corrected chi connectivity index (χ1v) is 7.83. The van der Waals surface area contributed by atoms with Gasteiger partial charge in [0.05, 0.1) is 23.1 Å². The molecule has 0 radical (unpaired) electrons. The molecule has 0 saturated carbocycles. The molecule has 4 aromatic rings. The summed E-state index contributed by atoms with van der Waals surface area (Å²) >= 11 is 0. The fraction of sp³-hybridized carbons (Fsp3) is 0.105. The maximum atomic E-state index is 5.70. The van der Waals surface area contributed by atoms with Gasteiger partial charge in [0.2, 0.25) is 0 Å². The monoisotopic (exact) mass is 315 g/mol. The van der Waals surface area contributed by atoms with E-state index < -0.39 is 0 Å². The highest BCUT2D eigenvalue weighted by molar-refractivity contribution is 5.84. The molecule has 3 heterocycles. The predicted octanol–water partition coefficient (Wildman–Crippen LogP) is 3.25. The van der Waals surface area contributed by atoms with Crippen molar-refractivity contribution >= 4 is 10.9 Å². The fourth-order valence-corrected chi connectivity index (χ4v) is 2.76. The first kappa shape index (κ1) is 14.5. The lowest BCUT2D eigenvalue weighted by Crippen LogP contribution is -2.01. The highest BCUT2D eigenvalue weighted by atomic mass is 15.3. The molecule has 3 aromatic heterocycles. The molecule has 0 aliphatic carbocycles. The van der Waals surface area contributed by atoms with E-state index in [4.69, 9.17) is 5.73 Å². The molecular formula is C19H17N5. The summed E-state index contributed by atoms with van der Waals surface area (Å²) in [6.07, 6.45) is 1.85. The van der Waals surface area contributed by atoms with Gasteiger partial charge in [-0.2, -0.15) is 5.10 Å². The normalized spacial score (nSPS) is 11.1. The molecule has 1 aromatic carbocycles. The Morgan fingerprint density at radius 2 is 1.88 bits per heavy atom. The summed E-state index contributed by atoms with van der Waals surface area (Å²) in [6, 6.07) is 18.0. The smallest absolute Gasteiger partial charge is 0.154 e. The second-order valence-corrected chi connectivity index (χ2v) is 5.69. The highest BCUT2D eigenvalue weighted by Crippen LogP contribution is 2.24. The van der Waals surface area contributed by atoms with Crippen molar-refractivity contribution in [1.82, 2.24) is 19.7 Å². The second kappa shape index (κ2) is 5.86. The number of aromatic nitrogens is 4. The van der Waals surface area contributed by atoms with E-state index in [0.29, 0.717) is 6.54 Å². The predicted molar refractivity (Wildman–Crippen MR) is 94.7 cm³/mol. The molecule has 2 N–H and O–H groups in total. The minimum Gasteiger partial charge on any atom is -0.325 e. The zero-order chi connectivity index (χ0) is 16.5. The molecule has 0 saturated heterocycles. The van der Waals surface area contributed by atoms with Gasteiger partial charge >= 0.3 is 0 Å². The summed E-state index contributed by atoms with van der Waals surface area (Å²) in [6.45, 7) is 2.41. The van der Waals surface area contributed by atoms with Crippen LogP contribution in [0.25, 0.3) is 28.0 Å². The van der Waals surface area contributed by atoms with Crippen LogP contribution in [0.1, 0.15) is 11.4 Å². The van der Waals surface area contributed by atoms with Gasteiger partial charge in [0.25, 0.3) is 0 Å². The lowest BCUT2D eigenvalue weighted by Gasteiger charge is -2.06. The molecule has 0 amide bonds. The third-order valence-electron chi connectivity index (χ3n) is 3.97. The van der Waals surface area contributed by atoms with Crippen LogP contribution >= 0.6 is 0 Å². The van der Waals surface area contributed by atoms with Crippen LogP contribution in [-0.2, 0) is 6.54 Å². The number of nitrogens with two attached hydrogens (primary N) is 1. The number of rotatable bonds is 3. The number of pyridine rings is 2. The Labute approximate surface area is 139 Å². The van der Waals surface area contributed by atoms with Crippen molar-refractivity contribution in [3.8, 4) is 17.1 Å². The van der Waals surface area contributed by atoms with E-state index in [2.05, 4.69) is 33.3 Å². The van der Waals surface area contributed by atoms with E-state index in [1.54, 1.807) is 0 Å². The maximum absolute atomic E-state index is 5.70.